The molecule has 0 spiro atoms. The van der Waals surface area contributed by atoms with E-state index < -0.39 is 67.3 Å². The standard InChI is InChI=1S/C90H96N8O16/c1-102-90(101)73-50-76(105-48-46-91-80(99)44-42-74-53-97(95-93-74)88-86(111-61-71-38-22-8-23-39-71)84(109-59-69-34-18-6-19-35-69)82(107-57-67-30-14-4-15-31-67)78(113-88)63-103-55-65-26-10-2-11-27-65)52-77(51-73)106-49-47-92-81(100)45-43-75-54-98(96-94-75)89-87(112-62-72-40-24-9-25-41-72)85(110-60-70-36-20-7-21-37-70)83(108-58-68-32-16-5-17-33-68)79(114-89)64-104-56-66-28-12-3-13-29-66/h2-41,50-54,78-79,82-89H,42-49,55-64H2,1H3,(H,91,99)(H,92,100)/t78-,79-,82+,83+,84+,85+,86-,87-,88-,89-/m1/s1. The molecule has 0 bridgehead atoms. The number of amides is 2. The largest absolute Gasteiger partial charge is 0.492 e. The van der Waals surface area contributed by atoms with Crippen LogP contribution in [0.15, 0.2) is 273 Å². The first-order chi connectivity index (χ1) is 56.2. The summed E-state index contributed by atoms with van der Waals surface area (Å²) in [7, 11) is 1.28. The zero-order valence-electron chi connectivity index (χ0n) is 63.7. The first-order valence-electron chi connectivity index (χ1n) is 38.5. The molecule has 10 atom stereocenters. The normalized spacial score (nSPS) is 19.3. The molecule has 11 aromatic rings. The summed E-state index contributed by atoms with van der Waals surface area (Å²) in [5.41, 5.74) is 9.08. The second-order valence-corrected chi connectivity index (χ2v) is 27.7. The lowest BCUT2D eigenvalue weighted by atomic mass is 9.97. The minimum absolute atomic E-state index is 0.0499. The smallest absolute Gasteiger partial charge is 0.338 e. The van der Waals surface area contributed by atoms with Crippen LogP contribution >= 0.6 is 0 Å². The highest BCUT2D eigenvalue weighted by Crippen LogP contribution is 2.38. The third kappa shape index (κ3) is 24.4. The number of aryl methyl sites for hydroxylation is 2. The average Bonchev–Trinajstić information content (AvgIpc) is 1.26. The number of nitrogens with one attached hydrogen (secondary N) is 2. The van der Waals surface area contributed by atoms with Gasteiger partial charge in [-0.2, -0.15) is 0 Å². The predicted octanol–water partition coefficient (Wildman–Crippen LogP) is 12.7. The number of carbonyl (C=O) groups is 3. The van der Waals surface area contributed by atoms with Gasteiger partial charge in [0.05, 0.1) is 116 Å². The van der Waals surface area contributed by atoms with Gasteiger partial charge in [-0.25, -0.2) is 14.2 Å². The van der Waals surface area contributed by atoms with E-state index in [-0.39, 0.29) is 122 Å². The number of aromatic nitrogens is 6. The first kappa shape index (κ1) is 80.9. The third-order valence-electron chi connectivity index (χ3n) is 19.3. The zero-order valence-corrected chi connectivity index (χ0v) is 63.7. The average molecular weight is 1550 g/mol. The summed E-state index contributed by atoms with van der Waals surface area (Å²) in [4.78, 5) is 39.9. The Morgan fingerprint density at radius 1 is 0.368 bits per heavy atom. The van der Waals surface area contributed by atoms with Gasteiger partial charge in [0.2, 0.25) is 11.8 Å². The molecule has 0 saturated carbocycles. The molecule has 2 amide bonds. The van der Waals surface area contributed by atoms with Crippen molar-refractivity contribution < 1.29 is 76.0 Å². The van der Waals surface area contributed by atoms with E-state index in [9.17, 15) is 14.4 Å². The van der Waals surface area contributed by atoms with Gasteiger partial charge in [0.15, 0.2) is 12.5 Å². The molecule has 24 nitrogen and oxygen atoms in total. The molecule has 0 aliphatic carbocycles. The predicted molar refractivity (Wildman–Crippen MR) is 422 cm³/mol. The summed E-state index contributed by atoms with van der Waals surface area (Å²) < 4.78 is 88.8. The van der Waals surface area contributed by atoms with Crippen LogP contribution in [0.5, 0.6) is 11.5 Å². The maximum Gasteiger partial charge on any atom is 0.338 e. The van der Waals surface area contributed by atoms with Gasteiger partial charge >= 0.3 is 5.97 Å². The van der Waals surface area contributed by atoms with Crippen LogP contribution in [0.3, 0.4) is 0 Å². The van der Waals surface area contributed by atoms with Crippen LogP contribution in [-0.4, -0.2) is 143 Å². The molecule has 9 aromatic carbocycles. The van der Waals surface area contributed by atoms with Gasteiger partial charge in [0, 0.05) is 31.7 Å². The van der Waals surface area contributed by atoms with Crippen molar-refractivity contribution in [1.82, 2.24) is 40.6 Å². The van der Waals surface area contributed by atoms with Gasteiger partial charge in [0.25, 0.3) is 0 Å². The van der Waals surface area contributed by atoms with E-state index in [1.54, 1.807) is 27.8 Å². The third-order valence-corrected chi connectivity index (χ3v) is 19.3. The van der Waals surface area contributed by atoms with Crippen LogP contribution in [0, 0.1) is 0 Å². The maximum absolute atomic E-state index is 13.5. The lowest BCUT2D eigenvalue weighted by molar-refractivity contribution is -0.292. The fourth-order valence-corrected chi connectivity index (χ4v) is 13.4. The molecule has 24 heteroatoms. The molecule has 0 unspecified atom stereocenters. The number of nitrogens with zero attached hydrogens (tertiary/aromatic N) is 6. The SMILES string of the molecule is COC(=O)c1cc(OCCNC(=O)CCc2cn([C@@H]3O[C@H](COCc4ccccc4)[C@H](OCc4ccccc4)[C@H](OCc4ccccc4)[C@H]3OCc3ccccc3)nn2)cc(OCCNC(=O)CCc2cn([C@@H]3O[C@H](COCc4ccccc4)[C@H](OCc4ccccc4)[C@H](OCc4ccccc4)[C@H]3OCc3ccccc3)nn2)c1. The molecule has 2 N–H and O–H groups in total. The van der Waals surface area contributed by atoms with Crippen LogP contribution in [0.4, 0.5) is 0 Å². The molecule has 114 heavy (non-hydrogen) atoms. The molecule has 2 aliphatic heterocycles. The Morgan fingerprint density at radius 3 is 0.965 bits per heavy atom. The highest BCUT2D eigenvalue weighted by molar-refractivity contribution is 5.90. The van der Waals surface area contributed by atoms with Crippen LogP contribution in [0.25, 0.3) is 0 Å². The minimum Gasteiger partial charge on any atom is -0.492 e. The molecule has 0 radical (unpaired) electrons. The summed E-state index contributed by atoms with van der Waals surface area (Å²) >= 11 is 0. The van der Waals surface area contributed by atoms with E-state index >= 15 is 0 Å². The number of hydrogen-bond donors (Lipinski definition) is 2. The second-order valence-electron chi connectivity index (χ2n) is 27.7. The number of ether oxygens (including phenoxy) is 13. The van der Waals surface area contributed by atoms with Crippen LogP contribution in [0.1, 0.15) is 91.6 Å². The highest BCUT2D eigenvalue weighted by atomic mass is 16.6. The number of esters is 1. The fraction of sp³-hybridized carbons (Fsp3) is 0.322. The first-order valence-corrected chi connectivity index (χ1v) is 38.5. The van der Waals surface area contributed by atoms with Gasteiger partial charge in [-0.3, -0.25) is 9.59 Å². The van der Waals surface area contributed by atoms with Crippen molar-refractivity contribution in [2.45, 2.75) is 140 Å². The van der Waals surface area contributed by atoms with Gasteiger partial charge in [-0.1, -0.05) is 253 Å². The molecule has 2 fully saturated rings. The molecule has 2 aromatic heterocycles. The Bertz CT molecular complexity index is 4360. The van der Waals surface area contributed by atoms with E-state index in [1.165, 1.54) is 19.2 Å². The van der Waals surface area contributed by atoms with Crippen molar-refractivity contribution in [3.05, 3.63) is 335 Å². The van der Waals surface area contributed by atoms with E-state index in [0.717, 1.165) is 44.5 Å². The van der Waals surface area contributed by atoms with Gasteiger partial charge < -0.3 is 72.2 Å². The molecule has 2 saturated heterocycles. The van der Waals surface area contributed by atoms with Crippen LogP contribution in [-0.2, 0) is 127 Å². The lowest BCUT2D eigenvalue weighted by Gasteiger charge is -2.46. The van der Waals surface area contributed by atoms with Gasteiger partial charge in [0.1, 0.15) is 73.5 Å². The Labute approximate surface area is 663 Å². The number of carbonyl (C=O) groups excluding carboxylic acids is 3. The summed E-state index contributed by atoms with van der Waals surface area (Å²) in [6.45, 7) is 2.91. The Hall–Kier alpha value is -11.1. The van der Waals surface area contributed by atoms with Crippen molar-refractivity contribution in [2.75, 3.05) is 46.6 Å². The van der Waals surface area contributed by atoms with E-state index in [2.05, 4.69) is 31.3 Å². The molecule has 2 aliphatic rings. The fourth-order valence-electron chi connectivity index (χ4n) is 13.4. The highest BCUT2D eigenvalue weighted by Gasteiger charge is 2.51. The molecule has 592 valence electrons. The molecule has 13 rings (SSSR count). The summed E-state index contributed by atoms with van der Waals surface area (Å²) in [5.74, 6) is -0.528. The van der Waals surface area contributed by atoms with E-state index in [0.29, 0.717) is 36.1 Å². The topological polar surface area (TPSA) is 257 Å². The molecule has 4 heterocycles. The number of benzene rings is 9. The summed E-state index contributed by atoms with van der Waals surface area (Å²) in [5, 5.41) is 24.1. The van der Waals surface area contributed by atoms with Crippen LogP contribution < -0.4 is 20.1 Å². The van der Waals surface area contributed by atoms with Crippen molar-refractivity contribution in [2.24, 2.45) is 0 Å². The second kappa shape index (κ2) is 43.2. The Balaban J connectivity index is 0.613. The summed E-state index contributed by atoms with van der Waals surface area (Å²) in [6, 6.07) is 84.1. The monoisotopic (exact) mass is 1540 g/mol. The van der Waals surface area contributed by atoms with Crippen molar-refractivity contribution in [1.29, 1.82) is 0 Å². The van der Waals surface area contributed by atoms with Crippen molar-refractivity contribution in [3.63, 3.8) is 0 Å². The lowest BCUT2D eigenvalue weighted by Crippen LogP contribution is -2.59. The van der Waals surface area contributed by atoms with Crippen molar-refractivity contribution in [3.8, 4) is 11.5 Å². The number of methoxy groups -OCH3 is 1. The number of rotatable bonds is 43. The maximum atomic E-state index is 13.5. The summed E-state index contributed by atoms with van der Waals surface area (Å²) in [6.07, 6.45) is -3.14. The Morgan fingerprint density at radius 2 is 0.658 bits per heavy atom. The van der Waals surface area contributed by atoms with Crippen molar-refractivity contribution >= 4 is 17.8 Å². The van der Waals surface area contributed by atoms with E-state index in [1.807, 2.05) is 243 Å². The number of hydrogen-bond acceptors (Lipinski definition) is 20. The van der Waals surface area contributed by atoms with Gasteiger partial charge in [-0.05, 0) is 56.6 Å². The quantitative estimate of drug-likeness (QED) is 0.0266. The van der Waals surface area contributed by atoms with E-state index in [4.69, 9.17) is 61.6 Å². The molecular weight excluding hydrogens is 1450 g/mol. The Kier molecular flexibility index (Phi) is 30.7. The zero-order chi connectivity index (χ0) is 78.1. The van der Waals surface area contributed by atoms with Crippen LogP contribution in [0.2, 0.25) is 0 Å². The van der Waals surface area contributed by atoms with Gasteiger partial charge in [-0.15, -0.1) is 10.2 Å². The molecular formula is C90H96N8O16. The minimum atomic E-state index is -0.867.